The topological polar surface area (TPSA) is 51.5 Å². The molecule has 5 rings (SSSR count). The Labute approximate surface area is 164 Å². The molecule has 1 N–H and O–H groups in total. The van der Waals surface area contributed by atoms with Crippen molar-refractivity contribution in [2.24, 2.45) is 0 Å². The van der Waals surface area contributed by atoms with Crippen LogP contribution in [0.1, 0.15) is 29.9 Å². The number of nitrogens with one attached hydrogen (secondary N) is 1. The summed E-state index contributed by atoms with van der Waals surface area (Å²) in [5.74, 6) is 2.39. The van der Waals surface area contributed by atoms with Crippen molar-refractivity contribution in [1.29, 1.82) is 0 Å². The Hall–Kier alpha value is -3.34. The zero-order valence-electron chi connectivity index (χ0n) is 15.5. The maximum atomic E-state index is 5.98. The summed E-state index contributed by atoms with van der Waals surface area (Å²) in [5, 5.41) is 3.56. The van der Waals surface area contributed by atoms with Gasteiger partial charge in [0.2, 0.25) is 5.95 Å². The molecule has 0 saturated heterocycles. The highest BCUT2D eigenvalue weighted by Gasteiger charge is 2.31. The van der Waals surface area contributed by atoms with E-state index in [1.807, 2.05) is 47.3 Å². The number of hydrogen-bond acceptors (Lipinski definition) is 4. The Bertz CT molecular complexity index is 1070. The summed E-state index contributed by atoms with van der Waals surface area (Å²) < 4.78 is 8.02. The van der Waals surface area contributed by atoms with Crippen molar-refractivity contribution >= 4 is 11.5 Å². The molecule has 140 valence electrons. The highest BCUT2D eigenvalue weighted by atomic mass is 16.5. The largest absolute Gasteiger partial charge is 0.489 e. The lowest BCUT2D eigenvalue weighted by Crippen LogP contribution is -2.34. The molecule has 1 fully saturated rings. The van der Waals surface area contributed by atoms with Gasteiger partial charge in [-0.1, -0.05) is 42.5 Å². The van der Waals surface area contributed by atoms with Crippen LogP contribution in [0.15, 0.2) is 79.4 Å². The second kappa shape index (κ2) is 7.35. The summed E-state index contributed by atoms with van der Waals surface area (Å²) in [6.07, 6.45) is 9.59. The van der Waals surface area contributed by atoms with Gasteiger partial charge in [-0.3, -0.25) is 9.38 Å². The molecule has 1 saturated carbocycles. The first-order valence-corrected chi connectivity index (χ1v) is 9.65. The molecule has 28 heavy (non-hydrogen) atoms. The van der Waals surface area contributed by atoms with E-state index in [2.05, 4.69) is 45.6 Å². The van der Waals surface area contributed by atoms with Gasteiger partial charge in [0.1, 0.15) is 12.4 Å². The number of nitrogens with zero attached hydrogens (tertiary/aromatic N) is 3. The fourth-order valence-corrected chi connectivity index (χ4v) is 3.75. The van der Waals surface area contributed by atoms with E-state index >= 15 is 0 Å². The molecular formula is C23H22N4O. The van der Waals surface area contributed by atoms with E-state index in [1.165, 1.54) is 11.1 Å². The van der Waals surface area contributed by atoms with Crippen molar-refractivity contribution < 1.29 is 4.74 Å². The van der Waals surface area contributed by atoms with Gasteiger partial charge in [-0.2, -0.15) is 0 Å². The Morgan fingerprint density at radius 1 is 1.04 bits per heavy atom. The summed E-state index contributed by atoms with van der Waals surface area (Å²) in [4.78, 5) is 8.61. The molecule has 1 aliphatic carbocycles. The quantitative estimate of drug-likeness (QED) is 0.536. The zero-order valence-corrected chi connectivity index (χ0v) is 15.5. The zero-order chi connectivity index (χ0) is 18.8. The first-order chi connectivity index (χ1) is 13.8. The van der Waals surface area contributed by atoms with Crippen LogP contribution in [-0.4, -0.2) is 20.4 Å². The first kappa shape index (κ1) is 16.8. The predicted octanol–water partition coefficient (Wildman–Crippen LogP) is 4.67. The Balaban J connectivity index is 1.19. The van der Waals surface area contributed by atoms with Crippen LogP contribution in [0.3, 0.4) is 0 Å². The van der Waals surface area contributed by atoms with Crippen LogP contribution in [0.25, 0.3) is 5.52 Å². The van der Waals surface area contributed by atoms with Crippen molar-refractivity contribution in [1.82, 2.24) is 14.4 Å². The Kier molecular flexibility index (Phi) is 4.41. The van der Waals surface area contributed by atoms with Crippen LogP contribution in [-0.2, 0) is 6.61 Å². The minimum atomic E-state index is 0.442. The third-order valence-corrected chi connectivity index (χ3v) is 5.38. The summed E-state index contributed by atoms with van der Waals surface area (Å²) in [7, 11) is 0. The molecule has 5 nitrogen and oxygen atoms in total. The number of ether oxygens (including phenoxy) is 1. The number of imidazole rings is 1. The third-order valence-electron chi connectivity index (χ3n) is 5.38. The van der Waals surface area contributed by atoms with E-state index in [0.717, 1.165) is 30.1 Å². The van der Waals surface area contributed by atoms with Gasteiger partial charge in [-0.25, -0.2) is 4.98 Å². The smallest absolute Gasteiger partial charge is 0.207 e. The second-order valence-electron chi connectivity index (χ2n) is 7.31. The molecule has 1 aliphatic rings. The number of anilines is 1. The molecule has 0 bridgehead atoms. The summed E-state index contributed by atoms with van der Waals surface area (Å²) in [5.41, 5.74) is 3.54. The molecule has 5 heteroatoms. The Morgan fingerprint density at radius 2 is 1.93 bits per heavy atom. The molecule has 2 aromatic heterocycles. The van der Waals surface area contributed by atoms with Crippen molar-refractivity contribution in [2.45, 2.75) is 31.4 Å². The highest BCUT2D eigenvalue weighted by Crippen LogP contribution is 2.39. The number of rotatable bonds is 6. The molecule has 0 atom stereocenters. The van der Waals surface area contributed by atoms with Gasteiger partial charge in [-0.15, -0.1) is 0 Å². The van der Waals surface area contributed by atoms with Crippen LogP contribution in [0.2, 0.25) is 0 Å². The van der Waals surface area contributed by atoms with Gasteiger partial charge in [0.25, 0.3) is 0 Å². The molecule has 0 amide bonds. The monoisotopic (exact) mass is 370 g/mol. The minimum Gasteiger partial charge on any atom is -0.489 e. The van der Waals surface area contributed by atoms with Crippen molar-refractivity contribution in [3.8, 4) is 5.75 Å². The molecule has 0 aliphatic heterocycles. The van der Waals surface area contributed by atoms with Gasteiger partial charge in [0.05, 0.1) is 17.9 Å². The van der Waals surface area contributed by atoms with Crippen LogP contribution in [0, 0.1) is 0 Å². The minimum absolute atomic E-state index is 0.442. The molecule has 2 aromatic carbocycles. The molecule has 0 spiro atoms. The third kappa shape index (κ3) is 3.43. The number of aromatic nitrogens is 3. The SMILES string of the molecule is c1ccc(COc2cccc(C3CC(Nc4ncc5cnccn45)C3)c2)cc1. The van der Waals surface area contributed by atoms with Crippen molar-refractivity contribution in [3.63, 3.8) is 0 Å². The lowest BCUT2D eigenvalue weighted by atomic mass is 9.76. The molecule has 2 heterocycles. The maximum Gasteiger partial charge on any atom is 0.207 e. The molecule has 4 aromatic rings. The summed E-state index contributed by atoms with van der Waals surface area (Å²) in [6, 6.07) is 19.2. The number of benzene rings is 2. The fraction of sp³-hybridized carbons (Fsp3) is 0.217. The van der Waals surface area contributed by atoms with Crippen LogP contribution >= 0.6 is 0 Å². The van der Waals surface area contributed by atoms with E-state index in [1.54, 1.807) is 6.20 Å². The lowest BCUT2D eigenvalue weighted by Gasteiger charge is -2.36. The predicted molar refractivity (Wildman–Crippen MR) is 110 cm³/mol. The van der Waals surface area contributed by atoms with Crippen molar-refractivity contribution in [3.05, 3.63) is 90.5 Å². The van der Waals surface area contributed by atoms with E-state index in [4.69, 9.17) is 4.74 Å². The van der Waals surface area contributed by atoms with Gasteiger partial charge < -0.3 is 10.1 Å². The van der Waals surface area contributed by atoms with E-state index in [0.29, 0.717) is 18.6 Å². The van der Waals surface area contributed by atoms with Gasteiger partial charge in [-0.05, 0) is 42.0 Å². The van der Waals surface area contributed by atoms with Gasteiger partial charge in [0.15, 0.2) is 0 Å². The van der Waals surface area contributed by atoms with Crippen molar-refractivity contribution in [2.75, 3.05) is 5.32 Å². The summed E-state index contributed by atoms with van der Waals surface area (Å²) >= 11 is 0. The fourth-order valence-electron chi connectivity index (χ4n) is 3.75. The maximum absolute atomic E-state index is 5.98. The van der Waals surface area contributed by atoms with Crippen LogP contribution in [0.5, 0.6) is 5.75 Å². The van der Waals surface area contributed by atoms with Crippen LogP contribution in [0.4, 0.5) is 5.95 Å². The lowest BCUT2D eigenvalue weighted by molar-refractivity contribution is 0.304. The van der Waals surface area contributed by atoms with Crippen LogP contribution < -0.4 is 10.1 Å². The number of hydrogen-bond donors (Lipinski definition) is 1. The van der Waals surface area contributed by atoms with Gasteiger partial charge in [0, 0.05) is 18.4 Å². The summed E-state index contributed by atoms with van der Waals surface area (Å²) in [6.45, 7) is 0.598. The molecule has 0 radical (unpaired) electrons. The van der Waals surface area contributed by atoms with E-state index in [9.17, 15) is 0 Å². The average Bonchev–Trinajstić information content (AvgIpc) is 3.13. The molecule has 0 unspecified atom stereocenters. The number of fused-ring (bicyclic) bond motifs is 1. The second-order valence-corrected chi connectivity index (χ2v) is 7.31. The van der Waals surface area contributed by atoms with E-state index < -0.39 is 0 Å². The first-order valence-electron chi connectivity index (χ1n) is 9.65. The highest BCUT2D eigenvalue weighted by molar-refractivity contribution is 5.50. The van der Waals surface area contributed by atoms with Gasteiger partial charge >= 0.3 is 0 Å². The Morgan fingerprint density at radius 3 is 2.82 bits per heavy atom. The normalized spacial score (nSPS) is 18.6. The van der Waals surface area contributed by atoms with E-state index in [-0.39, 0.29) is 0 Å². The molecular weight excluding hydrogens is 348 g/mol. The standard InChI is InChI=1S/C23H22N4O/c1-2-5-17(6-3-1)16-28-22-8-4-7-18(13-22)19-11-20(12-19)26-23-25-15-21-14-24-9-10-27(21)23/h1-10,13-15,19-20H,11-12,16H2,(H,25,26). The average molecular weight is 370 g/mol.